The van der Waals surface area contributed by atoms with Gasteiger partial charge in [0.2, 0.25) is 10.0 Å². The molecule has 0 unspecified atom stereocenters. The van der Waals surface area contributed by atoms with Gasteiger partial charge in [-0.3, -0.25) is 4.79 Å². The molecule has 1 aromatic rings. The fourth-order valence-electron chi connectivity index (χ4n) is 2.51. The van der Waals surface area contributed by atoms with E-state index >= 15 is 0 Å². The predicted molar refractivity (Wildman–Crippen MR) is 77.1 cm³/mol. The van der Waals surface area contributed by atoms with Gasteiger partial charge in [-0.25, -0.2) is 8.42 Å². The molecule has 19 heavy (non-hydrogen) atoms. The van der Waals surface area contributed by atoms with Crippen molar-refractivity contribution in [3.63, 3.8) is 0 Å². The van der Waals surface area contributed by atoms with E-state index in [1.54, 1.807) is 10.4 Å². The van der Waals surface area contributed by atoms with E-state index in [2.05, 4.69) is 0 Å². The number of ketones is 1. The SMILES string of the molecule is CCCS(=O)(=O)N1CCC[C@@H]1CC(=O)c1cccs1. The summed E-state index contributed by atoms with van der Waals surface area (Å²) in [5.41, 5.74) is 0. The molecule has 1 fully saturated rings. The van der Waals surface area contributed by atoms with Crippen LogP contribution in [0.5, 0.6) is 0 Å². The molecule has 1 atom stereocenters. The van der Waals surface area contributed by atoms with Gasteiger partial charge in [-0.1, -0.05) is 13.0 Å². The summed E-state index contributed by atoms with van der Waals surface area (Å²) in [7, 11) is -3.19. The molecule has 6 heteroatoms. The van der Waals surface area contributed by atoms with Crippen LogP contribution in [0.1, 0.15) is 42.3 Å². The molecule has 2 rings (SSSR count). The van der Waals surface area contributed by atoms with Gasteiger partial charge in [-0.05, 0) is 30.7 Å². The van der Waals surface area contributed by atoms with E-state index in [9.17, 15) is 13.2 Å². The third kappa shape index (κ3) is 3.43. The summed E-state index contributed by atoms with van der Waals surface area (Å²) in [5, 5.41) is 1.87. The Kier molecular flexibility index (Phi) is 4.76. The van der Waals surface area contributed by atoms with Gasteiger partial charge in [0, 0.05) is 19.0 Å². The van der Waals surface area contributed by atoms with E-state index in [0.717, 1.165) is 17.7 Å². The van der Waals surface area contributed by atoms with Gasteiger partial charge in [0.1, 0.15) is 0 Å². The first-order valence-corrected chi connectivity index (χ1v) is 9.09. The van der Waals surface area contributed by atoms with Gasteiger partial charge >= 0.3 is 0 Å². The zero-order valence-corrected chi connectivity index (χ0v) is 12.7. The van der Waals surface area contributed by atoms with Gasteiger partial charge in [0.25, 0.3) is 0 Å². The number of carbonyl (C=O) groups excluding carboxylic acids is 1. The van der Waals surface area contributed by atoms with Crippen LogP contribution >= 0.6 is 11.3 Å². The number of sulfonamides is 1. The van der Waals surface area contributed by atoms with Crippen LogP contribution in [0.15, 0.2) is 17.5 Å². The Hall–Kier alpha value is -0.720. The fraction of sp³-hybridized carbons (Fsp3) is 0.615. The molecule has 0 aromatic carbocycles. The van der Waals surface area contributed by atoms with Crippen LogP contribution in [-0.2, 0) is 10.0 Å². The lowest BCUT2D eigenvalue weighted by atomic mass is 10.1. The lowest BCUT2D eigenvalue weighted by molar-refractivity contribution is 0.0965. The van der Waals surface area contributed by atoms with Crippen molar-refractivity contribution in [2.45, 2.75) is 38.6 Å². The summed E-state index contributed by atoms with van der Waals surface area (Å²) in [4.78, 5) is 12.8. The second-order valence-electron chi connectivity index (χ2n) is 4.83. The van der Waals surface area contributed by atoms with Crippen LogP contribution in [0.3, 0.4) is 0 Å². The Labute approximate surface area is 118 Å². The highest BCUT2D eigenvalue weighted by molar-refractivity contribution is 7.89. The largest absolute Gasteiger partial charge is 0.293 e. The maximum atomic E-state index is 12.1. The van der Waals surface area contributed by atoms with Crippen LogP contribution in [-0.4, -0.2) is 36.8 Å². The molecule has 0 N–H and O–H groups in total. The Morgan fingerprint density at radius 1 is 1.53 bits per heavy atom. The summed E-state index contributed by atoms with van der Waals surface area (Å²) in [6, 6.07) is 3.50. The first-order valence-electron chi connectivity index (χ1n) is 6.61. The maximum absolute atomic E-state index is 12.1. The zero-order chi connectivity index (χ0) is 13.9. The molecular weight excluding hydrogens is 282 g/mol. The minimum Gasteiger partial charge on any atom is -0.293 e. The van der Waals surface area contributed by atoms with Crippen LogP contribution in [0, 0.1) is 0 Å². The predicted octanol–water partition coefficient (Wildman–Crippen LogP) is 2.53. The number of carbonyl (C=O) groups is 1. The van der Waals surface area contributed by atoms with Gasteiger partial charge in [0.15, 0.2) is 5.78 Å². The molecule has 106 valence electrons. The second kappa shape index (κ2) is 6.15. The number of hydrogen-bond acceptors (Lipinski definition) is 4. The summed E-state index contributed by atoms with van der Waals surface area (Å²) in [6.45, 7) is 2.42. The molecule has 0 amide bonds. The fourth-order valence-corrected chi connectivity index (χ4v) is 4.97. The highest BCUT2D eigenvalue weighted by Gasteiger charge is 2.34. The van der Waals surface area contributed by atoms with Gasteiger partial charge in [-0.15, -0.1) is 11.3 Å². The van der Waals surface area contributed by atoms with E-state index in [0.29, 0.717) is 19.4 Å². The average molecular weight is 301 g/mol. The van der Waals surface area contributed by atoms with Crippen LogP contribution in [0.2, 0.25) is 0 Å². The van der Waals surface area contributed by atoms with Gasteiger partial charge < -0.3 is 0 Å². The number of thiophene rings is 1. The Morgan fingerprint density at radius 3 is 2.95 bits per heavy atom. The molecule has 2 heterocycles. The molecule has 0 saturated carbocycles. The minimum atomic E-state index is -3.19. The molecule has 4 nitrogen and oxygen atoms in total. The van der Waals surface area contributed by atoms with Crippen molar-refractivity contribution >= 4 is 27.1 Å². The highest BCUT2D eigenvalue weighted by atomic mass is 32.2. The summed E-state index contributed by atoms with van der Waals surface area (Å²) < 4.78 is 25.8. The van der Waals surface area contributed by atoms with E-state index in [-0.39, 0.29) is 17.6 Å². The van der Waals surface area contributed by atoms with Crippen molar-refractivity contribution in [3.05, 3.63) is 22.4 Å². The average Bonchev–Trinajstić information content (AvgIpc) is 2.99. The normalized spacial score (nSPS) is 20.8. The van der Waals surface area contributed by atoms with E-state index in [4.69, 9.17) is 0 Å². The molecule has 1 aromatic heterocycles. The Morgan fingerprint density at radius 2 is 2.32 bits per heavy atom. The van der Waals surface area contributed by atoms with Crippen LogP contribution < -0.4 is 0 Å². The van der Waals surface area contributed by atoms with Crippen molar-refractivity contribution in [3.8, 4) is 0 Å². The second-order valence-corrected chi connectivity index (χ2v) is 7.82. The first-order chi connectivity index (χ1) is 9.04. The number of rotatable bonds is 6. The smallest absolute Gasteiger partial charge is 0.214 e. The number of Topliss-reactive ketones (excluding diaryl/α,β-unsaturated/α-hetero) is 1. The quantitative estimate of drug-likeness (QED) is 0.759. The standard InChI is InChI=1S/C13H19NO3S2/c1-2-9-19(16,17)14-7-3-5-11(14)10-12(15)13-6-4-8-18-13/h4,6,8,11H,2-3,5,7,9-10H2,1H3/t11-/m1/s1. The van der Waals surface area contributed by atoms with E-state index in [1.807, 2.05) is 18.4 Å². The molecule has 0 spiro atoms. The Balaban J connectivity index is 2.05. The molecular formula is C13H19NO3S2. The van der Waals surface area contributed by atoms with Crippen molar-refractivity contribution in [2.75, 3.05) is 12.3 Å². The van der Waals surface area contributed by atoms with E-state index < -0.39 is 10.0 Å². The summed E-state index contributed by atoms with van der Waals surface area (Å²) in [5.74, 6) is 0.232. The van der Waals surface area contributed by atoms with Crippen molar-refractivity contribution < 1.29 is 13.2 Å². The van der Waals surface area contributed by atoms with Crippen molar-refractivity contribution in [1.82, 2.24) is 4.31 Å². The van der Waals surface area contributed by atoms with Gasteiger partial charge in [-0.2, -0.15) is 4.31 Å². The summed E-state index contributed by atoms with van der Waals surface area (Å²) in [6.07, 6.45) is 2.57. The van der Waals surface area contributed by atoms with Crippen molar-refractivity contribution in [2.24, 2.45) is 0 Å². The topological polar surface area (TPSA) is 54.5 Å². The number of hydrogen-bond donors (Lipinski definition) is 0. The van der Waals surface area contributed by atoms with Crippen LogP contribution in [0.25, 0.3) is 0 Å². The van der Waals surface area contributed by atoms with Crippen molar-refractivity contribution in [1.29, 1.82) is 0 Å². The first kappa shape index (κ1) is 14.7. The van der Waals surface area contributed by atoms with Gasteiger partial charge in [0.05, 0.1) is 10.6 Å². The lowest BCUT2D eigenvalue weighted by Crippen LogP contribution is -2.38. The lowest BCUT2D eigenvalue weighted by Gasteiger charge is -2.23. The number of nitrogens with zero attached hydrogens (tertiary/aromatic N) is 1. The molecule has 1 aliphatic heterocycles. The molecule has 1 saturated heterocycles. The maximum Gasteiger partial charge on any atom is 0.214 e. The molecule has 0 aliphatic carbocycles. The third-order valence-corrected chi connectivity index (χ3v) is 6.39. The Bertz CT molecular complexity index is 522. The summed E-state index contributed by atoms with van der Waals surface area (Å²) >= 11 is 1.42. The third-order valence-electron chi connectivity index (χ3n) is 3.36. The monoisotopic (exact) mass is 301 g/mol. The molecule has 0 bridgehead atoms. The molecule has 1 aliphatic rings. The highest BCUT2D eigenvalue weighted by Crippen LogP contribution is 2.26. The van der Waals surface area contributed by atoms with Crippen LogP contribution in [0.4, 0.5) is 0 Å². The zero-order valence-electron chi connectivity index (χ0n) is 11.0. The van der Waals surface area contributed by atoms with E-state index in [1.165, 1.54) is 11.3 Å². The molecule has 0 radical (unpaired) electrons. The minimum absolute atomic E-state index is 0.0543.